The molecule has 0 aliphatic rings. The summed E-state index contributed by atoms with van der Waals surface area (Å²) in [6.45, 7) is 3.97. The average molecular weight is 312 g/mol. The Morgan fingerprint density at radius 3 is 2.86 bits per heavy atom. The molecule has 1 atom stereocenters. The number of nitrogens with one attached hydrogen (secondary N) is 2. The van der Waals surface area contributed by atoms with Crippen LogP contribution in [-0.2, 0) is 0 Å². The van der Waals surface area contributed by atoms with E-state index < -0.39 is 10.8 Å². The Hall–Kier alpha value is -1.83. The fourth-order valence-electron chi connectivity index (χ4n) is 1.69. The van der Waals surface area contributed by atoms with Crippen molar-refractivity contribution >= 4 is 29.2 Å². The largest absolute Gasteiger partial charge is 0.373 e. The Balaban J connectivity index is 2.82. The van der Waals surface area contributed by atoms with Crippen molar-refractivity contribution in [3.63, 3.8) is 0 Å². The molecule has 1 aromatic heterocycles. The normalized spacial score (nSPS) is 11.8. The van der Waals surface area contributed by atoms with E-state index in [4.69, 9.17) is 0 Å². The van der Waals surface area contributed by atoms with Crippen LogP contribution in [0.2, 0.25) is 0 Å². The van der Waals surface area contributed by atoms with Crippen LogP contribution in [0.1, 0.15) is 30.6 Å². The lowest BCUT2D eigenvalue weighted by molar-refractivity contribution is -0.385. The molecule has 1 rings (SSSR count). The van der Waals surface area contributed by atoms with E-state index in [1.807, 2.05) is 6.92 Å². The number of hydrogen-bond donors (Lipinski definition) is 2. The van der Waals surface area contributed by atoms with Gasteiger partial charge < -0.3 is 10.6 Å². The zero-order valence-corrected chi connectivity index (χ0v) is 13.2. The van der Waals surface area contributed by atoms with Gasteiger partial charge in [0.1, 0.15) is 17.6 Å². The molecule has 0 bridgehead atoms. The minimum Gasteiger partial charge on any atom is -0.373 e. The van der Waals surface area contributed by atoms with E-state index in [1.54, 1.807) is 18.8 Å². The number of nitro groups is 1. The Labute approximate surface area is 128 Å². The highest BCUT2D eigenvalue weighted by atomic mass is 32.2. The molecular weight excluding hydrogens is 292 g/mol. The number of hydrogen-bond acceptors (Lipinski definition) is 6. The van der Waals surface area contributed by atoms with Crippen molar-refractivity contribution in [2.45, 2.75) is 26.3 Å². The maximum atomic E-state index is 12.2. The molecule has 1 amide bonds. The highest BCUT2D eigenvalue weighted by Crippen LogP contribution is 2.20. The summed E-state index contributed by atoms with van der Waals surface area (Å²) < 4.78 is 0. The molecular formula is C13H20N4O3S. The maximum absolute atomic E-state index is 12.2. The first-order valence-electron chi connectivity index (χ1n) is 6.70. The van der Waals surface area contributed by atoms with Gasteiger partial charge in [-0.1, -0.05) is 6.92 Å². The molecule has 8 heteroatoms. The van der Waals surface area contributed by atoms with Crippen molar-refractivity contribution < 1.29 is 9.72 Å². The predicted octanol–water partition coefficient (Wildman–Crippen LogP) is 2.29. The molecule has 1 aromatic rings. The summed E-state index contributed by atoms with van der Waals surface area (Å²) in [6, 6.07) is 1.35. The topological polar surface area (TPSA) is 97.2 Å². The van der Waals surface area contributed by atoms with Crippen molar-refractivity contribution in [2.75, 3.05) is 23.9 Å². The van der Waals surface area contributed by atoms with Crippen molar-refractivity contribution in [3.05, 3.63) is 27.9 Å². The van der Waals surface area contributed by atoms with Gasteiger partial charge in [0.25, 0.3) is 11.6 Å². The van der Waals surface area contributed by atoms with E-state index in [0.717, 1.165) is 24.1 Å². The summed E-state index contributed by atoms with van der Waals surface area (Å²) in [4.78, 5) is 26.5. The zero-order chi connectivity index (χ0) is 15.8. The van der Waals surface area contributed by atoms with Crippen molar-refractivity contribution in [1.29, 1.82) is 0 Å². The van der Waals surface area contributed by atoms with Gasteiger partial charge >= 0.3 is 0 Å². The number of carbonyl (C=O) groups is 1. The van der Waals surface area contributed by atoms with Gasteiger partial charge in [-0.15, -0.1) is 0 Å². The molecule has 1 unspecified atom stereocenters. The number of pyridine rings is 1. The van der Waals surface area contributed by atoms with Crippen LogP contribution >= 0.6 is 11.8 Å². The monoisotopic (exact) mass is 312 g/mol. The lowest BCUT2D eigenvalue weighted by atomic mass is 10.2. The third kappa shape index (κ3) is 5.22. The average Bonchev–Trinajstić information content (AvgIpc) is 2.46. The van der Waals surface area contributed by atoms with Gasteiger partial charge in [0, 0.05) is 19.2 Å². The summed E-state index contributed by atoms with van der Waals surface area (Å²) in [5.41, 5.74) is -0.268. The highest BCUT2D eigenvalue weighted by Gasteiger charge is 2.22. The standard InChI is InChI=1S/C13H20N4O3S/c1-4-21-6-5-9(2)16-13(18)10-7-12(14-3)15-8-11(10)17(19)20/h7-9H,4-6H2,1-3H3,(H,14,15)(H,16,18). The van der Waals surface area contributed by atoms with E-state index in [0.29, 0.717) is 5.82 Å². The number of carbonyl (C=O) groups excluding carboxylic acids is 1. The minimum absolute atomic E-state index is 0.0225. The molecule has 0 aliphatic carbocycles. The molecule has 1 heterocycles. The number of anilines is 1. The minimum atomic E-state index is -0.598. The molecule has 0 saturated heterocycles. The molecule has 0 saturated carbocycles. The molecule has 7 nitrogen and oxygen atoms in total. The highest BCUT2D eigenvalue weighted by molar-refractivity contribution is 7.99. The third-order valence-corrected chi connectivity index (χ3v) is 3.79. The summed E-state index contributed by atoms with van der Waals surface area (Å²) in [6.07, 6.45) is 1.92. The SMILES string of the molecule is CCSCCC(C)NC(=O)c1cc(NC)ncc1[N+](=O)[O-]. The lowest BCUT2D eigenvalue weighted by Gasteiger charge is -2.14. The Morgan fingerprint density at radius 2 is 2.29 bits per heavy atom. The van der Waals surface area contributed by atoms with E-state index in [2.05, 4.69) is 22.5 Å². The summed E-state index contributed by atoms with van der Waals surface area (Å²) in [5.74, 6) is 1.94. The molecule has 116 valence electrons. The molecule has 0 radical (unpaired) electrons. The van der Waals surface area contributed by atoms with Crippen LogP contribution in [0.15, 0.2) is 12.3 Å². The molecule has 0 fully saturated rings. The van der Waals surface area contributed by atoms with Crippen LogP contribution in [0, 0.1) is 10.1 Å². The Kier molecular flexibility index (Phi) is 6.93. The molecule has 0 aliphatic heterocycles. The van der Waals surface area contributed by atoms with Gasteiger partial charge in [0.2, 0.25) is 0 Å². The van der Waals surface area contributed by atoms with Gasteiger partial charge in [0.15, 0.2) is 0 Å². The third-order valence-electron chi connectivity index (χ3n) is 2.86. The van der Waals surface area contributed by atoms with Crippen molar-refractivity contribution in [2.24, 2.45) is 0 Å². The van der Waals surface area contributed by atoms with Gasteiger partial charge in [-0.05, 0) is 24.9 Å². The summed E-state index contributed by atoms with van der Waals surface area (Å²) in [5, 5.41) is 16.5. The first-order valence-corrected chi connectivity index (χ1v) is 7.85. The fraction of sp³-hybridized carbons (Fsp3) is 0.538. The number of nitrogens with zero attached hydrogens (tertiary/aromatic N) is 2. The van der Waals surface area contributed by atoms with Gasteiger partial charge in [-0.3, -0.25) is 14.9 Å². The van der Waals surface area contributed by atoms with Crippen LogP contribution in [-0.4, -0.2) is 40.4 Å². The zero-order valence-electron chi connectivity index (χ0n) is 12.4. The van der Waals surface area contributed by atoms with Crippen molar-refractivity contribution in [1.82, 2.24) is 10.3 Å². The molecule has 0 aromatic carbocycles. The van der Waals surface area contributed by atoms with Crippen LogP contribution in [0.5, 0.6) is 0 Å². The summed E-state index contributed by atoms with van der Waals surface area (Å²) >= 11 is 1.79. The number of amides is 1. The maximum Gasteiger partial charge on any atom is 0.300 e. The van der Waals surface area contributed by atoms with E-state index in [1.165, 1.54) is 6.07 Å². The summed E-state index contributed by atoms with van der Waals surface area (Å²) in [7, 11) is 1.64. The Morgan fingerprint density at radius 1 is 1.57 bits per heavy atom. The first kappa shape index (κ1) is 17.2. The molecule has 21 heavy (non-hydrogen) atoms. The second-order valence-electron chi connectivity index (χ2n) is 4.45. The van der Waals surface area contributed by atoms with E-state index in [-0.39, 0.29) is 17.3 Å². The first-order chi connectivity index (χ1) is 9.99. The second kappa shape index (κ2) is 8.46. The van der Waals surface area contributed by atoms with Crippen LogP contribution in [0.25, 0.3) is 0 Å². The van der Waals surface area contributed by atoms with Gasteiger partial charge in [-0.25, -0.2) is 4.98 Å². The second-order valence-corrected chi connectivity index (χ2v) is 5.85. The van der Waals surface area contributed by atoms with Gasteiger partial charge in [-0.2, -0.15) is 11.8 Å². The van der Waals surface area contributed by atoms with Crippen molar-refractivity contribution in [3.8, 4) is 0 Å². The van der Waals surface area contributed by atoms with E-state index >= 15 is 0 Å². The predicted molar refractivity (Wildman–Crippen MR) is 85.0 cm³/mol. The van der Waals surface area contributed by atoms with E-state index in [9.17, 15) is 14.9 Å². The van der Waals surface area contributed by atoms with Crippen LogP contribution < -0.4 is 10.6 Å². The smallest absolute Gasteiger partial charge is 0.300 e. The number of rotatable bonds is 8. The van der Waals surface area contributed by atoms with Gasteiger partial charge in [0.05, 0.1) is 4.92 Å². The molecule has 0 spiro atoms. The quantitative estimate of drug-likeness (QED) is 0.434. The molecule has 2 N–H and O–H groups in total. The lowest BCUT2D eigenvalue weighted by Crippen LogP contribution is -2.33. The fourth-order valence-corrected chi connectivity index (χ4v) is 2.50. The van der Waals surface area contributed by atoms with Crippen LogP contribution in [0.3, 0.4) is 0 Å². The Bertz CT molecular complexity index is 510. The number of thioether (sulfide) groups is 1. The number of aromatic nitrogens is 1. The van der Waals surface area contributed by atoms with Crippen LogP contribution in [0.4, 0.5) is 11.5 Å².